The maximum absolute atomic E-state index is 9.68. The molecule has 118 valence electrons. The normalized spacial score (nSPS) is 12.8. The van der Waals surface area contributed by atoms with Crippen molar-refractivity contribution in [3.8, 4) is 11.8 Å². The van der Waals surface area contributed by atoms with Crippen LogP contribution < -0.4 is 0 Å². The van der Waals surface area contributed by atoms with Crippen molar-refractivity contribution in [1.82, 2.24) is 0 Å². The van der Waals surface area contributed by atoms with Gasteiger partial charge in [-0.15, -0.1) is 0 Å². The van der Waals surface area contributed by atoms with E-state index in [0.29, 0.717) is 12.3 Å². The highest BCUT2D eigenvalue weighted by Gasteiger charge is 2.18. The Morgan fingerprint density at radius 3 is 2.05 bits per heavy atom. The van der Waals surface area contributed by atoms with Gasteiger partial charge in [-0.1, -0.05) is 71.6 Å². The first-order valence-corrected chi connectivity index (χ1v) is 8.53. The summed E-state index contributed by atoms with van der Waals surface area (Å²) in [5.74, 6) is 4.30. The first-order valence-electron chi connectivity index (χ1n) is 8.53. The predicted molar refractivity (Wildman–Crippen MR) is 86.2 cm³/mol. The molecule has 2 N–H and O–H groups in total. The van der Waals surface area contributed by atoms with Crippen LogP contribution in [0, 0.1) is 17.8 Å². The van der Waals surface area contributed by atoms with E-state index < -0.39 is 5.79 Å². The average molecular weight is 282 g/mol. The van der Waals surface area contributed by atoms with Crippen LogP contribution in [0.15, 0.2) is 0 Å². The number of hydrogen-bond acceptors (Lipinski definition) is 2. The largest absolute Gasteiger partial charge is 0.356 e. The zero-order valence-corrected chi connectivity index (χ0v) is 13.7. The van der Waals surface area contributed by atoms with Crippen molar-refractivity contribution >= 4 is 0 Å². The van der Waals surface area contributed by atoms with E-state index in [1.165, 1.54) is 38.5 Å². The summed E-state index contributed by atoms with van der Waals surface area (Å²) in [7, 11) is 0. The molecule has 0 saturated heterocycles. The van der Waals surface area contributed by atoms with E-state index in [4.69, 9.17) is 0 Å². The lowest BCUT2D eigenvalue weighted by molar-refractivity contribution is -0.114. The molecule has 0 rings (SSSR count). The fourth-order valence-corrected chi connectivity index (χ4v) is 2.44. The Morgan fingerprint density at radius 1 is 0.800 bits per heavy atom. The van der Waals surface area contributed by atoms with E-state index in [1.54, 1.807) is 0 Å². The van der Waals surface area contributed by atoms with Gasteiger partial charge in [-0.3, -0.25) is 0 Å². The predicted octanol–water partition coefficient (Wildman–Crippen LogP) is 4.64. The third kappa shape index (κ3) is 11.3. The third-order valence-corrected chi connectivity index (χ3v) is 3.62. The Balaban J connectivity index is 4.07. The molecule has 0 amide bonds. The molecule has 0 spiro atoms. The molecular weight excluding hydrogens is 248 g/mol. The summed E-state index contributed by atoms with van der Waals surface area (Å²) >= 11 is 0. The summed E-state index contributed by atoms with van der Waals surface area (Å²) in [4.78, 5) is 0. The summed E-state index contributed by atoms with van der Waals surface area (Å²) in [5.41, 5.74) is 0. The minimum absolute atomic E-state index is 0.321. The molecule has 0 bridgehead atoms. The molecule has 0 aliphatic heterocycles. The number of aliphatic hydroxyl groups is 2. The Morgan fingerprint density at radius 2 is 1.45 bits per heavy atom. The third-order valence-electron chi connectivity index (χ3n) is 3.62. The fraction of sp³-hybridized carbons (Fsp3) is 0.889. The van der Waals surface area contributed by atoms with Gasteiger partial charge in [-0.05, 0) is 25.2 Å². The molecule has 0 heterocycles. The first-order chi connectivity index (χ1) is 9.55. The van der Waals surface area contributed by atoms with Crippen LogP contribution in [-0.4, -0.2) is 16.0 Å². The van der Waals surface area contributed by atoms with Crippen molar-refractivity contribution in [3.05, 3.63) is 0 Å². The average Bonchev–Trinajstić information content (AvgIpc) is 2.40. The van der Waals surface area contributed by atoms with E-state index in [9.17, 15) is 10.2 Å². The molecule has 2 nitrogen and oxygen atoms in total. The maximum atomic E-state index is 9.68. The van der Waals surface area contributed by atoms with Crippen LogP contribution in [0.3, 0.4) is 0 Å². The van der Waals surface area contributed by atoms with Gasteiger partial charge in [0.15, 0.2) is 0 Å². The monoisotopic (exact) mass is 282 g/mol. The van der Waals surface area contributed by atoms with Crippen LogP contribution in [0.2, 0.25) is 0 Å². The zero-order chi connectivity index (χ0) is 15.3. The van der Waals surface area contributed by atoms with Crippen LogP contribution in [-0.2, 0) is 0 Å². The lowest BCUT2D eigenvalue weighted by Gasteiger charge is -2.14. The van der Waals surface area contributed by atoms with E-state index >= 15 is 0 Å². The minimum Gasteiger partial charge on any atom is -0.356 e. The van der Waals surface area contributed by atoms with E-state index in [1.807, 2.05) is 6.92 Å². The Labute approximate surface area is 126 Å². The molecule has 0 radical (unpaired) electrons. The molecule has 1 atom stereocenters. The second kappa shape index (κ2) is 12.2. The van der Waals surface area contributed by atoms with Gasteiger partial charge in [0, 0.05) is 12.3 Å². The van der Waals surface area contributed by atoms with Gasteiger partial charge >= 0.3 is 0 Å². The summed E-state index contributed by atoms with van der Waals surface area (Å²) in [6, 6.07) is 0. The van der Waals surface area contributed by atoms with Crippen LogP contribution in [0.4, 0.5) is 0 Å². The highest BCUT2D eigenvalue weighted by molar-refractivity contribution is 5.11. The standard InChI is InChI=1S/C18H34O2/c1-4-7-8-9-10-11-13-17(12-5-2)14-16-18(19,20)15-6-3/h17,19-20H,4-13,15H2,1-3H3. The van der Waals surface area contributed by atoms with Crippen molar-refractivity contribution in [1.29, 1.82) is 0 Å². The van der Waals surface area contributed by atoms with Crippen molar-refractivity contribution < 1.29 is 10.2 Å². The van der Waals surface area contributed by atoms with Gasteiger partial charge < -0.3 is 10.2 Å². The summed E-state index contributed by atoms with van der Waals surface area (Å²) in [5, 5.41) is 19.4. The lowest BCUT2D eigenvalue weighted by atomic mass is 9.95. The molecule has 2 heteroatoms. The number of rotatable bonds is 11. The molecule has 20 heavy (non-hydrogen) atoms. The van der Waals surface area contributed by atoms with Gasteiger partial charge in [-0.25, -0.2) is 0 Å². The van der Waals surface area contributed by atoms with Gasteiger partial charge in [0.2, 0.25) is 5.79 Å². The summed E-state index contributed by atoms with van der Waals surface area (Å²) < 4.78 is 0. The second-order valence-electron chi connectivity index (χ2n) is 5.88. The van der Waals surface area contributed by atoms with E-state index in [2.05, 4.69) is 25.7 Å². The zero-order valence-electron chi connectivity index (χ0n) is 13.7. The Kier molecular flexibility index (Phi) is 11.9. The highest BCUT2D eigenvalue weighted by Crippen LogP contribution is 2.17. The van der Waals surface area contributed by atoms with E-state index in [0.717, 1.165) is 25.7 Å². The fourth-order valence-electron chi connectivity index (χ4n) is 2.44. The van der Waals surface area contributed by atoms with Crippen molar-refractivity contribution in [2.24, 2.45) is 5.92 Å². The van der Waals surface area contributed by atoms with Gasteiger partial charge in [0.05, 0.1) is 0 Å². The van der Waals surface area contributed by atoms with E-state index in [-0.39, 0.29) is 0 Å². The smallest absolute Gasteiger partial charge is 0.228 e. The Bertz CT molecular complexity index is 273. The molecule has 0 fully saturated rings. The second-order valence-corrected chi connectivity index (χ2v) is 5.88. The molecule has 0 aromatic rings. The van der Waals surface area contributed by atoms with Crippen LogP contribution in [0.25, 0.3) is 0 Å². The Hall–Kier alpha value is -0.520. The molecule has 0 aromatic carbocycles. The first kappa shape index (κ1) is 19.5. The highest BCUT2D eigenvalue weighted by atomic mass is 16.5. The van der Waals surface area contributed by atoms with Gasteiger partial charge in [0.25, 0.3) is 0 Å². The van der Waals surface area contributed by atoms with Crippen LogP contribution in [0.5, 0.6) is 0 Å². The van der Waals surface area contributed by atoms with Crippen LogP contribution in [0.1, 0.15) is 91.4 Å². The molecule has 1 unspecified atom stereocenters. The van der Waals surface area contributed by atoms with Crippen molar-refractivity contribution in [3.63, 3.8) is 0 Å². The maximum Gasteiger partial charge on any atom is 0.228 e. The van der Waals surface area contributed by atoms with Gasteiger partial charge in [-0.2, -0.15) is 0 Å². The van der Waals surface area contributed by atoms with Crippen LogP contribution >= 0.6 is 0 Å². The quantitative estimate of drug-likeness (QED) is 0.329. The number of hydrogen-bond donors (Lipinski definition) is 2. The summed E-state index contributed by atoms with van der Waals surface area (Å²) in [6.07, 6.45) is 12.1. The molecule has 0 aromatic heterocycles. The summed E-state index contributed by atoms with van der Waals surface area (Å²) in [6.45, 7) is 6.33. The molecule has 0 saturated carbocycles. The minimum atomic E-state index is -1.79. The topological polar surface area (TPSA) is 40.5 Å². The molecule has 0 aliphatic rings. The van der Waals surface area contributed by atoms with Crippen molar-refractivity contribution in [2.45, 2.75) is 97.2 Å². The number of unbranched alkanes of at least 4 members (excludes halogenated alkanes) is 5. The molecule has 0 aliphatic carbocycles. The van der Waals surface area contributed by atoms with Crippen molar-refractivity contribution in [2.75, 3.05) is 0 Å². The SMILES string of the molecule is CCCCCCCCC(C#CC(O)(O)CCC)CCC. The lowest BCUT2D eigenvalue weighted by Crippen LogP contribution is -2.25. The molecular formula is C18H34O2. The van der Waals surface area contributed by atoms with Gasteiger partial charge in [0.1, 0.15) is 0 Å².